The largest absolute Gasteiger partial charge is 0.383 e. The molecular formula is C9H18N2O3S. The molecule has 0 saturated carbocycles. The molecule has 0 bridgehead atoms. The van der Waals surface area contributed by atoms with Gasteiger partial charge in [0.2, 0.25) is 10.0 Å². The summed E-state index contributed by atoms with van der Waals surface area (Å²) in [6.07, 6.45) is 1.56. The second kappa shape index (κ2) is 6.77. The van der Waals surface area contributed by atoms with Crippen LogP contribution in [-0.4, -0.2) is 33.4 Å². The molecule has 2 unspecified atom stereocenters. The van der Waals surface area contributed by atoms with E-state index in [1.807, 2.05) is 6.92 Å². The monoisotopic (exact) mass is 234 g/mol. The molecule has 0 radical (unpaired) electrons. The molecule has 6 heteroatoms. The summed E-state index contributed by atoms with van der Waals surface area (Å²) < 4.78 is 30.4. The maximum Gasteiger partial charge on any atom is 0.228 e. The van der Waals surface area contributed by atoms with E-state index in [4.69, 9.17) is 10.00 Å². The van der Waals surface area contributed by atoms with Crippen LogP contribution < -0.4 is 4.72 Å². The van der Waals surface area contributed by atoms with E-state index < -0.39 is 15.3 Å². The van der Waals surface area contributed by atoms with E-state index >= 15 is 0 Å². The molecule has 0 heterocycles. The Morgan fingerprint density at radius 1 is 1.53 bits per heavy atom. The number of nitrogens with zero attached hydrogens (tertiary/aromatic N) is 1. The van der Waals surface area contributed by atoms with Gasteiger partial charge in [0.25, 0.3) is 0 Å². The van der Waals surface area contributed by atoms with Crippen molar-refractivity contribution >= 4 is 10.0 Å². The number of nitrogens with one attached hydrogen (secondary N) is 1. The van der Waals surface area contributed by atoms with Gasteiger partial charge in [0, 0.05) is 13.2 Å². The van der Waals surface area contributed by atoms with E-state index in [1.165, 1.54) is 14.0 Å². The zero-order valence-corrected chi connectivity index (χ0v) is 10.2. The van der Waals surface area contributed by atoms with Crippen LogP contribution in [0, 0.1) is 11.3 Å². The average molecular weight is 234 g/mol. The van der Waals surface area contributed by atoms with E-state index in [0.29, 0.717) is 13.0 Å². The van der Waals surface area contributed by atoms with E-state index in [9.17, 15) is 8.42 Å². The number of nitriles is 1. The molecule has 88 valence electrons. The van der Waals surface area contributed by atoms with Crippen molar-refractivity contribution in [2.75, 3.05) is 13.7 Å². The lowest BCUT2D eigenvalue weighted by Crippen LogP contribution is -2.41. The highest BCUT2D eigenvalue weighted by atomic mass is 32.2. The maximum atomic E-state index is 11.5. The molecule has 5 nitrogen and oxygen atoms in total. The number of methoxy groups -OCH3 is 1. The van der Waals surface area contributed by atoms with Gasteiger partial charge >= 0.3 is 0 Å². The van der Waals surface area contributed by atoms with Crippen LogP contribution in [-0.2, 0) is 14.8 Å². The van der Waals surface area contributed by atoms with Crippen LogP contribution in [0.5, 0.6) is 0 Å². The average Bonchev–Trinajstić information content (AvgIpc) is 2.16. The van der Waals surface area contributed by atoms with Gasteiger partial charge in [-0.25, -0.2) is 13.1 Å². The van der Waals surface area contributed by atoms with Gasteiger partial charge in [-0.1, -0.05) is 13.3 Å². The highest BCUT2D eigenvalue weighted by Crippen LogP contribution is 2.03. The Hall–Kier alpha value is -0.640. The van der Waals surface area contributed by atoms with E-state index in [1.54, 1.807) is 6.07 Å². The first-order valence-corrected chi connectivity index (χ1v) is 6.42. The first kappa shape index (κ1) is 14.4. The summed E-state index contributed by atoms with van der Waals surface area (Å²) in [5.74, 6) is 0. The SMILES string of the molecule is CCCC(COC)NS(=O)(=O)C(C)C#N. The predicted octanol–water partition coefficient (Wildman–Crippen LogP) is 0.633. The second-order valence-corrected chi connectivity index (χ2v) is 5.41. The smallest absolute Gasteiger partial charge is 0.228 e. The van der Waals surface area contributed by atoms with Crippen LogP contribution >= 0.6 is 0 Å². The van der Waals surface area contributed by atoms with Crippen LogP contribution in [0.15, 0.2) is 0 Å². The summed E-state index contributed by atoms with van der Waals surface area (Å²) in [7, 11) is -2.03. The Kier molecular flexibility index (Phi) is 6.48. The molecule has 0 saturated heterocycles. The quantitative estimate of drug-likeness (QED) is 0.701. The number of hydrogen-bond acceptors (Lipinski definition) is 4. The number of rotatable bonds is 7. The third-order valence-corrected chi connectivity index (χ3v) is 3.68. The van der Waals surface area contributed by atoms with E-state index in [0.717, 1.165) is 6.42 Å². The molecule has 0 aromatic rings. The Labute approximate surface area is 91.5 Å². The first-order valence-electron chi connectivity index (χ1n) is 4.87. The van der Waals surface area contributed by atoms with Gasteiger partial charge in [-0.15, -0.1) is 0 Å². The van der Waals surface area contributed by atoms with E-state index in [2.05, 4.69) is 4.72 Å². The third kappa shape index (κ3) is 5.11. The van der Waals surface area contributed by atoms with E-state index in [-0.39, 0.29) is 6.04 Å². The van der Waals surface area contributed by atoms with Crippen LogP contribution in [0.1, 0.15) is 26.7 Å². The predicted molar refractivity (Wildman–Crippen MR) is 57.7 cm³/mol. The van der Waals surface area contributed by atoms with Crippen molar-refractivity contribution in [2.24, 2.45) is 0 Å². The highest BCUT2D eigenvalue weighted by molar-refractivity contribution is 7.90. The highest BCUT2D eigenvalue weighted by Gasteiger charge is 2.23. The molecule has 0 aliphatic carbocycles. The number of ether oxygens (including phenoxy) is 1. The minimum Gasteiger partial charge on any atom is -0.383 e. The van der Waals surface area contributed by atoms with Crippen molar-refractivity contribution in [3.63, 3.8) is 0 Å². The Balaban J connectivity index is 4.46. The standard InChI is InChI=1S/C9H18N2O3S/c1-4-5-9(7-14-3)11-15(12,13)8(2)6-10/h8-9,11H,4-5,7H2,1-3H3. The summed E-state index contributed by atoms with van der Waals surface area (Å²) in [4.78, 5) is 0. The molecule has 0 aromatic carbocycles. The van der Waals surface area contributed by atoms with Gasteiger partial charge in [0.1, 0.15) is 0 Å². The molecule has 0 amide bonds. The van der Waals surface area contributed by atoms with Gasteiger partial charge in [-0.3, -0.25) is 0 Å². The van der Waals surface area contributed by atoms with Crippen molar-refractivity contribution in [1.82, 2.24) is 4.72 Å². The van der Waals surface area contributed by atoms with Gasteiger partial charge < -0.3 is 4.74 Å². The molecule has 0 aromatic heterocycles. The van der Waals surface area contributed by atoms with Crippen molar-refractivity contribution in [3.8, 4) is 6.07 Å². The minimum atomic E-state index is -3.55. The van der Waals surface area contributed by atoms with Crippen LogP contribution in [0.2, 0.25) is 0 Å². The molecule has 2 atom stereocenters. The fourth-order valence-corrected chi connectivity index (χ4v) is 2.12. The molecular weight excluding hydrogens is 216 g/mol. The zero-order chi connectivity index (χ0) is 11.9. The lowest BCUT2D eigenvalue weighted by atomic mass is 10.2. The first-order chi connectivity index (χ1) is 6.97. The Morgan fingerprint density at radius 2 is 2.13 bits per heavy atom. The van der Waals surface area contributed by atoms with Crippen molar-refractivity contribution < 1.29 is 13.2 Å². The van der Waals surface area contributed by atoms with Gasteiger partial charge in [-0.2, -0.15) is 5.26 Å². The fourth-order valence-electron chi connectivity index (χ4n) is 1.13. The lowest BCUT2D eigenvalue weighted by molar-refractivity contribution is 0.171. The molecule has 15 heavy (non-hydrogen) atoms. The maximum absolute atomic E-state index is 11.5. The minimum absolute atomic E-state index is 0.249. The Morgan fingerprint density at radius 3 is 2.53 bits per heavy atom. The van der Waals surface area contributed by atoms with Gasteiger partial charge in [-0.05, 0) is 13.3 Å². The molecule has 0 rings (SSSR count). The summed E-state index contributed by atoms with van der Waals surface area (Å²) >= 11 is 0. The van der Waals surface area contributed by atoms with Gasteiger partial charge in [0.15, 0.2) is 5.25 Å². The van der Waals surface area contributed by atoms with Crippen molar-refractivity contribution in [3.05, 3.63) is 0 Å². The summed E-state index contributed by atoms with van der Waals surface area (Å²) in [6.45, 7) is 3.65. The Bertz CT molecular complexity index is 302. The zero-order valence-electron chi connectivity index (χ0n) is 9.36. The normalized spacial score (nSPS) is 15.6. The van der Waals surface area contributed by atoms with Crippen LogP contribution in [0.4, 0.5) is 0 Å². The van der Waals surface area contributed by atoms with Crippen LogP contribution in [0.25, 0.3) is 0 Å². The number of hydrogen-bond donors (Lipinski definition) is 1. The summed E-state index contributed by atoms with van der Waals surface area (Å²) in [5.41, 5.74) is 0. The molecule has 0 aliphatic heterocycles. The topological polar surface area (TPSA) is 79.2 Å². The summed E-state index contributed by atoms with van der Waals surface area (Å²) in [5, 5.41) is 7.51. The second-order valence-electron chi connectivity index (χ2n) is 3.38. The van der Waals surface area contributed by atoms with Crippen LogP contribution in [0.3, 0.4) is 0 Å². The van der Waals surface area contributed by atoms with Gasteiger partial charge in [0.05, 0.1) is 12.7 Å². The van der Waals surface area contributed by atoms with Crippen molar-refractivity contribution in [2.45, 2.75) is 38.0 Å². The number of sulfonamides is 1. The molecule has 1 N–H and O–H groups in total. The lowest BCUT2D eigenvalue weighted by Gasteiger charge is -2.17. The molecule has 0 aliphatic rings. The fraction of sp³-hybridized carbons (Fsp3) is 0.889. The molecule has 0 spiro atoms. The molecule has 0 fully saturated rings. The third-order valence-electron chi connectivity index (χ3n) is 1.98. The van der Waals surface area contributed by atoms with Crippen molar-refractivity contribution in [1.29, 1.82) is 5.26 Å². The summed E-state index contributed by atoms with van der Waals surface area (Å²) in [6, 6.07) is 1.45.